The molecule has 1 unspecified atom stereocenters. The average Bonchev–Trinajstić information content (AvgIpc) is 2.98. The van der Waals surface area contributed by atoms with E-state index in [0.717, 1.165) is 30.9 Å². The Morgan fingerprint density at radius 3 is 2.65 bits per heavy atom. The predicted molar refractivity (Wildman–Crippen MR) is 82.4 cm³/mol. The molecule has 0 aliphatic carbocycles. The Morgan fingerprint density at radius 1 is 1.26 bits per heavy atom. The number of rotatable bonds is 3. The van der Waals surface area contributed by atoms with Crippen LogP contribution in [0.1, 0.15) is 12.0 Å². The summed E-state index contributed by atoms with van der Waals surface area (Å²) >= 11 is 3.10. The predicted octanol–water partition coefficient (Wildman–Crippen LogP) is 3.92. The molecule has 2 aromatic heterocycles. The number of nitrogens with zero attached hydrogens (tertiary/aromatic N) is 3. The normalized spacial score (nSPS) is 18.3. The topological polar surface area (TPSA) is 38.2 Å². The second-order valence-corrected chi connectivity index (χ2v) is 6.04. The maximum atomic E-state index is 12.6. The van der Waals surface area contributed by atoms with Crippen molar-refractivity contribution in [3.8, 4) is 5.88 Å². The molecule has 122 valence electrons. The molecule has 8 heteroatoms. The lowest BCUT2D eigenvalue weighted by atomic mass is 10.3. The van der Waals surface area contributed by atoms with E-state index in [9.17, 15) is 13.2 Å². The molecule has 1 fully saturated rings. The molecular formula is C15H13BrF3N3O. The van der Waals surface area contributed by atoms with Crippen LogP contribution in [0.4, 0.5) is 18.9 Å². The quantitative estimate of drug-likeness (QED) is 0.799. The highest BCUT2D eigenvalue weighted by atomic mass is 79.9. The SMILES string of the molecule is FC(F)(F)c1cnc(OC2CCN(c3ccncc3)C2)c(Br)c1. The molecule has 0 amide bonds. The van der Waals surface area contributed by atoms with Crippen molar-refractivity contribution in [2.24, 2.45) is 0 Å². The van der Waals surface area contributed by atoms with Gasteiger partial charge in [-0.25, -0.2) is 4.98 Å². The molecule has 0 radical (unpaired) electrons. The highest BCUT2D eigenvalue weighted by molar-refractivity contribution is 9.10. The Hall–Kier alpha value is -1.83. The minimum atomic E-state index is -4.42. The zero-order valence-corrected chi connectivity index (χ0v) is 13.5. The van der Waals surface area contributed by atoms with E-state index in [1.807, 2.05) is 12.1 Å². The monoisotopic (exact) mass is 387 g/mol. The first-order valence-electron chi connectivity index (χ1n) is 6.98. The molecule has 23 heavy (non-hydrogen) atoms. The Labute approximate surface area is 139 Å². The fourth-order valence-electron chi connectivity index (χ4n) is 2.44. The number of halogens is 4. The highest BCUT2D eigenvalue weighted by Gasteiger charge is 2.32. The maximum absolute atomic E-state index is 12.6. The largest absolute Gasteiger partial charge is 0.472 e. The van der Waals surface area contributed by atoms with Gasteiger partial charge in [-0.05, 0) is 34.1 Å². The van der Waals surface area contributed by atoms with Crippen molar-refractivity contribution in [3.05, 3.63) is 46.8 Å². The van der Waals surface area contributed by atoms with Crippen LogP contribution in [0.5, 0.6) is 5.88 Å². The second kappa shape index (κ2) is 6.35. The summed E-state index contributed by atoms with van der Waals surface area (Å²) in [5.41, 5.74) is 0.243. The summed E-state index contributed by atoms with van der Waals surface area (Å²) in [7, 11) is 0. The van der Waals surface area contributed by atoms with E-state index in [1.165, 1.54) is 0 Å². The molecule has 4 nitrogen and oxygen atoms in total. The van der Waals surface area contributed by atoms with Crippen LogP contribution in [-0.2, 0) is 6.18 Å². The van der Waals surface area contributed by atoms with Crippen molar-refractivity contribution >= 4 is 21.6 Å². The van der Waals surface area contributed by atoms with E-state index in [0.29, 0.717) is 6.54 Å². The number of aromatic nitrogens is 2. The van der Waals surface area contributed by atoms with E-state index in [1.54, 1.807) is 12.4 Å². The van der Waals surface area contributed by atoms with Gasteiger partial charge in [-0.1, -0.05) is 0 Å². The fourth-order valence-corrected chi connectivity index (χ4v) is 2.88. The van der Waals surface area contributed by atoms with Crippen molar-refractivity contribution < 1.29 is 17.9 Å². The summed E-state index contributed by atoms with van der Waals surface area (Å²) in [6, 6.07) is 4.81. The van der Waals surface area contributed by atoms with Gasteiger partial charge in [0, 0.05) is 37.2 Å². The summed E-state index contributed by atoms with van der Waals surface area (Å²) in [5, 5.41) is 0. The summed E-state index contributed by atoms with van der Waals surface area (Å²) in [5.74, 6) is 0.180. The van der Waals surface area contributed by atoms with Crippen LogP contribution in [0.2, 0.25) is 0 Å². The van der Waals surface area contributed by atoms with Gasteiger partial charge >= 0.3 is 6.18 Å². The smallest absolute Gasteiger partial charge is 0.417 e. The first kappa shape index (κ1) is 16.0. The Bertz CT molecular complexity index is 681. The number of anilines is 1. The maximum Gasteiger partial charge on any atom is 0.417 e. The molecule has 1 atom stereocenters. The minimum absolute atomic E-state index is 0.122. The van der Waals surface area contributed by atoms with Gasteiger partial charge in [0.1, 0.15) is 6.10 Å². The molecule has 3 rings (SSSR count). The summed E-state index contributed by atoms with van der Waals surface area (Å²) < 4.78 is 43.8. The molecule has 0 aromatic carbocycles. The third kappa shape index (κ3) is 3.74. The second-order valence-electron chi connectivity index (χ2n) is 5.19. The van der Waals surface area contributed by atoms with Gasteiger partial charge in [-0.15, -0.1) is 0 Å². The van der Waals surface area contributed by atoms with Crippen LogP contribution in [0.25, 0.3) is 0 Å². The third-order valence-corrected chi connectivity index (χ3v) is 4.15. The number of pyridine rings is 2. The average molecular weight is 388 g/mol. The number of hydrogen-bond acceptors (Lipinski definition) is 4. The van der Waals surface area contributed by atoms with Gasteiger partial charge in [0.25, 0.3) is 0 Å². The van der Waals surface area contributed by atoms with Gasteiger partial charge < -0.3 is 9.64 Å². The minimum Gasteiger partial charge on any atom is -0.472 e. The third-order valence-electron chi connectivity index (χ3n) is 3.59. The molecule has 0 spiro atoms. The number of hydrogen-bond donors (Lipinski definition) is 0. The zero-order chi connectivity index (χ0) is 16.4. The van der Waals surface area contributed by atoms with Gasteiger partial charge in [0.05, 0.1) is 16.6 Å². The number of ether oxygens (including phenoxy) is 1. The molecule has 1 saturated heterocycles. The summed E-state index contributed by atoms with van der Waals surface area (Å²) in [4.78, 5) is 9.91. The van der Waals surface area contributed by atoms with Gasteiger partial charge in [-0.2, -0.15) is 13.2 Å². The van der Waals surface area contributed by atoms with E-state index < -0.39 is 11.7 Å². The Balaban J connectivity index is 1.67. The molecule has 3 heterocycles. The van der Waals surface area contributed by atoms with E-state index in [-0.39, 0.29) is 16.5 Å². The highest BCUT2D eigenvalue weighted by Crippen LogP contribution is 2.34. The summed E-state index contributed by atoms with van der Waals surface area (Å²) in [6.45, 7) is 1.46. The Kier molecular flexibility index (Phi) is 4.43. The standard InChI is InChI=1S/C15H13BrF3N3O/c16-13-7-10(15(17,18)19)8-21-14(13)23-12-3-6-22(9-12)11-1-4-20-5-2-11/h1-2,4-5,7-8,12H,3,6,9H2. The molecule has 0 saturated carbocycles. The van der Waals surface area contributed by atoms with E-state index >= 15 is 0 Å². The molecule has 0 bridgehead atoms. The van der Waals surface area contributed by atoms with Crippen LogP contribution in [0.3, 0.4) is 0 Å². The first-order chi connectivity index (χ1) is 10.9. The van der Waals surface area contributed by atoms with Crippen LogP contribution < -0.4 is 9.64 Å². The van der Waals surface area contributed by atoms with Gasteiger partial charge in [0.15, 0.2) is 0 Å². The summed E-state index contributed by atoms with van der Waals surface area (Å²) in [6.07, 6.45) is 0.463. The van der Waals surface area contributed by atoms with Crippen molar-refractivity contribution in [1.82, 2.24) is 9.97 Å². The van der Waals surface area contributed by atoms with E-state index in [2.05, 4.69) is 30.8 Å². The van der Waals surface area contributed by atoms with Gasteiger partial charge in [0.2, 0.25) is 5.88 Å². The fraction of sp³-hybridized carbons (Fsp3) is 0.333. The van der Waals surface area contributed by atoms with Crippen molar-refractivity contribution in [1.29, 1.82) is 0 Å². The van der Waals surface area contributed by atoms with Crippen LogP contribution >= 0.6 is 15.9 Å². The molecule has 1 aliphatic rings. The lowest BCUT2D eigenvalue weighted by Gasteiger charge is -2.19. The first-order valence-corrected chi connectivity index (χ1v) is 7.77. The van der Waals surface area contributed by atoms with Crippen molar-refractivity contribution in [2.75, 3.05) is 18.0 Å². The zero-order valence-electron chi connectivity index (χ0n) is 11.9. The molecule has 1 aliphatic heterocycles. The lowest BCUT2D eigenvalue weighted by molar-refractivity contribution is -0.137. The van der Waals surface area contributed by atoms with E-state index in [4.69, 9.17) is 4.74 Å². The Morgan fingerprint density at radius 2 is 2.00 bits per heavy atom. The molecular weight excluding hydrogens is 375 g/mol. The van der Waals surface area contributed by atoms with Crippen molar-refractivity contribution in [3.63, 3.8) is 0 Å². The van der Waals surface area contributed by atoms with Crippen molar-refractivity contribution in [2.45, 2.75) is 18.7 Å². The lowest BCUT2D eigenvalue weighted by Crippen LogP contribution is -2.24. The molecule has 0 N–H and O–H groups in total. The van der Waals surface area contributed by atoms with Crippen LogP contribution in [0.15, 0.2) is 41.3 Å². The van der Waals surface area contributed by atoms with Crippen LogP contribution in [-0.4, -0.2) is 29.2 Å². The number of alkyl halides is 3. The molecule has 2 aromatic rings. The van der Waals surface area contributed by atoms with Gasteiger partial charge in [-0.3, -0.25) is 4.98 Å². The van der Waals surface area contributed by atoms with Crippen LogP contribution in [0, 0.1) is 0 Å².